The van der Waals surface area contributed by atoms with Gasteiger partial charge in [0.1, 0.15) is 0 Å². The number of allylic oxidation sites excluding steroid dienone is 2. The second-order valence-corrected chi connectivity index (χ2v) is 4.54. The molecule has 0 saturated carbocycles. The van der Waals surface area contributed by atoms with E-state index in [4.69, 9.17) is 0 Å². The van der Waals surface area contributed by atoms with Gasteiger partial charge in [0.05, 0.1) is 0 Å². The Hall–Kier alpha value is -1.37. The predicted octanol–water partition coefficient (Wildman–Crippen LogP) is 4.64. The van der Waals surface area contributed by atoms with E-state index in [1.807, 2.05) is 30.3 Å². The van der Waals surface area contributed by atoms with Crippen molar-refractivity contribution in [2.45, 2.75) is 39.5 Å². The highest BCUT2D eigenvalue weighted by Crippen LogP contribution is 2.11. The van der Waals surface area contributed by atoms with Gasteiger partial charge in [0.25, 0.3) is 0 Å². The zero-order valence-corrected chi connectivity index (χ0v) is 10.9. The summed E-state index contributed by atoms with van der Waals surface area (Å²) in [6, 6.07) is 9.53. The van der Waals surface area contributed by atoms with Crippen LogP contribution in [0.1, 0.15) is 49.9 Å². The van der Waals surface area contributed by atoms with Gasteiger partial charge in [0.2, 0.25) is 0 Å². The minimum absolute atomic E-state index is 0.234. The van der Waals surface area contributed by atoms with Gasteiger partial charge in [-0.3, -0.25) is 4.79 Å². The fourth-order valence-electron chi connectivity index (χ4n) is 1.75. The van der Waals surface area contributed by atoms with E-state index in [0.29, 0.717) is 12.3 Å². The van der Waals surface area contributed by atoms with Gasteiger partial charge in [-0.05, 0) is 12.3 Å². The number of carbonyl (C=O) groups is 1. The van der Waals surface area contributed by atoms with Crippen LogP contribution < -0.4 is 0 Å². The summed E-state index contributed by atoms with van der Waals surface area (Å²) in [4.78, 5) is 11.9. The summed E-state index contributed by atoms with van der Waals surface area (Å²) in [5.74, 6) is 0.567. The molecule has 1 atom stereocenters. The van der Waals surface area contributed by atoms with Gasteiger partial charge in [-0.15, -0.1) is 0 Å². The summed E-state index contributed by atoms with van der Waals surface area (Å²) >= 11 is 0. The molecule has 0 amide bonds. The van der Waals surface area contributed by atoms with E-state index in [2.05, 4.69) is 26.0 Å². The summed E-state index contributed by atoms with van der Waals surface area (Å²) < 4.78 is 0. The van der Waals surface area contributed by atoms with Crippen LogP contribution in [0.2, 0.25) is 0 Å². The third kappa shape index (κ3) is 5.48. The Labute approximate surface area is 105 Å². The van der Waals surface area contributed by atoms with Crippen LogP contribution >= 0.6 is 0 Å². The lowest BCUT2D eigenvalue weighted by atomic mass is 9.99. The summed E-state index contributed by atoms with van der Waals surface area (Å²) in [6.45, 7) is 4.29. The van der Waals surface area contributed by atoms with Crippen LogP contribution in [-0.4, -0.2) is 5.78 Å². The van der Waals surface area contributed by atoms with Crippen molar-refractivity contribution in [3.8, 4) is 0 Å². The molecule has 1 heteroatoms. The number of rotatable bonds is 7. The second kappa shape index (κ2) is 7.83. The lowest BCUT2D eigenvalue weighted by Gasteiger charge is -2.05. The molecule has 0 saturated heterocycles. The lowest BCUT2D eigenvalue weighted by molar-refractivity contribution is 0.0972. The van der Waals surface area contributed by atoms with Crippen molar-refractivity contribution >= 4 is 5.78 Å². The van der Waals surface area contributed by atoms with Crippen molar-refractivity contribution < 1.29 is 4.79 Å². The van der Waals surface area contributed by atoms with Crippen LogP contribution in [-0.2, 0) is 0 Å². The van der Waals surface area contributed by atoms with Crippen molar-refractivity contribution in [1.82, 2.24) is 0 Å². The van der Waals surface area contributed by atoms with Crippen LogP contribution in [0.4, 0.5) is 0 Å². The lowest BCUT2D eigenvalue weighted by Crippen LogP contribution is -2.03. The SMILES string of the molecule is CCCC/C=C/C(C)CC(=O)c1ccccc1. The fraction of sp³-hybridized carbons (Fsp3) is 0.438. The average molecular weight is 230 g/mol. The molecule has 0 aliphatic carbocycles. The normalized spacial score (nSPS) is 12.8. The zero-order valence-electron chi connectivity index (χ0n) is 10.9. The third-order valence-corrected chi connectivity index (χ3v) is 2.79. The smallest absolute Gasteiger partial charge is 0.163 e. The van der Waals surface area contributed by atoms with Crippen molar-refractivity contribution in [3.63, 3.8) is 0 Å². The summed E-state index contributed by atoms with van der Waals surface area (Å²) in [7, 11) is 0. The van der Waals surface area contributed by atoms with Crippen LogP contribution in [0.3, 0.4) is 0 Å². The standard InChI is InChI=1S/C16H22O/c1-3-4-5-7-10-14(2)13-16(17)15-11-8-6-9-12-15/h6-12,14H,3-5,13H2,1-2H3/b10-7+. The number of hydrogen-bond acceptors (Lipinski definition) is 1. The molecule has 1 aromatic carbocycles. The molecule has 0 aliphatic heterocycles. The van der Waals surface area contributed by atoms with Gasteiger partial charge < -0.3 is 0 Å². The number of unbranched alkanes of at least 4 members (excludes halogenated alkanes) is 2. The molecule has 0 aromatic heterocycles. The maximum atomic E-state index is 11.9. The van der Waals surface area contributed by atoms with E-state index in [9.17, 15) is 4.79 Å². The van der Waals surface area contributed by atoms with E-state index >= 15 is 0 Å². The molecule has 0 radical (unpaired) electrons. The van der Waals surface area contributed by atoms with Gasteiger partial charge in [0, 0.05) is 12.0 Å². The molecular formula is C16H22O. The van der Waals surface area contributed by atoms with E-state index < -0.39 is 0 Å². The van der Waals surface area contributed by atoms with Crippen molar-refractivity contribution in [3.05, 3.63) is 48.0 Å². The Morgan fingerprint density at radius 2 is 2.00 bits per heavy atom. The topological polar surface area (TPSA) is 17.1 Å². The van der Waals surface area contributed by atoms with Gasteiger partial charge in [-0.1, -0.05) is 69.2 Å². The number of hydrogen-bond donors (Lipinski definition) is 0. The Balaban J connectivity index is 2.38. The zero-order chi connectivity index (χ0) is 12.5. The maximum absolute atomic E-state index is 11.9. The number of carbonyl (C=O) groups excluding carboxylic acids is 1. The second-order valence-electron chi connectivity index (χ2n) is 4.54. The molecule has 1 rings (SSSR count). The molecule has 0 N–H and O–H groups in total. The minimum Gasteiger partial charge on any atom is -0.294 e. The highest BCUT2D eigenvalue weighted by molar-refractivity contribution is 5.96. The summed E-state index contributed by atoms with van der Waals surface area (Å²) in [6.07, 6.45) is 8.55. The molecule has 1 aromatic rings. The largest absolute Gasteiger partial charge is 0.294 e. The first kappa shape index (κ1) is 13.7. The molecule has 1 unspecified atom stereocenters. The fourth-order valence-corrected chi connectivity index (χ4v) is 1.75. The Morgan fingerprint density at radius 3 is 2.65 bits per heavy atom. The van der Waals surface area contributed by atoms with Crippen LogP contribution in [0.5, 0.6) is 0 Å². The first-order valence-electron chi connectivity index (χ1n) is 6.49. The van der Waals surface area contributed by atoms with E-state index in [1.165, 1.54) is 12.8 Å². The number of benzene rings is 1. The van der Waals surface area contributed by atoms with Gasteiger partial charge in [-0.2, -0.15) is 0 Å². The molecule has 0 aliphatic rings. The van der Waals surface area contributed by atoms with Crippen molar-refractivity contribution in [2.75, 3.05) is 0 Å². The molecule has 17 heavy (non-hydrogen) atoms. The molecular weight excluding hydrogens is 208 g/mol. The Bertz CT molecular complexity index is 351. The van der Waals surface area contributed by atoms with Gasteiger partial charge in [0.15, 0.2) is 5.78 Å². The summed E-state index contributed by atoms with van der Waals surface area (Å²) in [5, 5.41) is 0. The molecule has 0 heterocycles. The molecule has 0 bridgehead atoms. The van der Waals surface area contributed by atoms with Crippen LogP contribution in [0.25, 0.3) is 0 Å². The van der Waals surface area contributed by atoms with Gasteiger partial charge in [-0.25, -0.2) is 0 Å². The van der Waals surface area contributed by atoms with Crippen LogP contribution in [0, 0.1) is 5.92 Å². The monoisotopic (exact) mass is 230 g/mol. The first-order valence-corrected chi connectivity index (χ1v) is 6.49. The number of Topliss-reactive ketones (excluding diaryl/α,β-unsaturated/α-hetero) is 1. The highest BCUT2D eigenvalue weighted by atomic mass is 16.1. The number of ketones is 1. The molecule has 0 fully saturated rings. The minimum atomic E-state index is 0.234. The summed E-state index contributed by atoms with van der Waals surface area (Å²) in [5.41, 5.74) is 0.821. The maximum Gasteiger partial charge on any atom is 0.163 e. The predicted molar refractivity (Wildman–Crippen MR) is 73.2 cm³/mol. The highest BCUT2D eigenvalue weighted by Gasteiger charge is 2.08. The van der Waals surface area contributed by atoms with E-state index in [0.717, 1.165) is 12.0 Å². The van der Waals surface area contributed by atoms with Crippen molar-refractivity contribution in [2.24, 2.45) is 5.92 Å². The molecule has 1 nitrogen and oxygen atoms in total. The third-order valence-electron chi connectivity index (χ3n) is 2.79. The van der Waals surface area contributed by atoms with E-state index in [-0.39, 0.29) is 5.78 Å². The van der Waals surface area contributed by atoms with E-state index in [1.54, 1.807) is 0 Å². The molecule has 0 spiro atoms. The van der Waals surface area contributed by atoms with Gasteiger partial charge >= 0.3 is 0 Å². The Kier molecular flexibility index (Phi) is 6.31. The first-order chi connectivity index (χ1) is 8.24. The quantitative estimate of drug-likeness (QED) is 0.379. The average Bonchev–Trinajstić information content (AvgIpc) is 2.36. The Morgan fingerprint density at radius 1 is 1.29 bits per heavy atom. The van der Waals surface area contributed by atoms with Crippen molar-refractivity contribution in [1.29, 1.82) is 0 Å². The molecule has 92 valence electrons. The van der Waals surface area contributed by atoms with Crippen LogP contribution in [0.15, 0.2) is 42.5 Å².